The van der Waals surface area contributed by atoms with Gasteiger partial charge in [-0.1, -0.05) is 6.07 Å². The number of piperidine rings is 1. The Balaban J connectivity index is 1.51. The standard InChI is InChI=1S/C19H19N3O4S/c23-17-5-6-18(24)26-19(25-17)12-22(13-7-9-21(19)10-8-13)16-4-3-14(20-16)15-2-1-11-27-15/h1-6,11,13,20H,7-10,12H2. The number of thiophene rings is 1. The van der Waals surface area contributed by atoms with E-state index in [4.69, 9.17) is 9.47 Å². The predicted molar refractivity (Wildman–Crippen MR) is 100 cm³/mol. The molecular weight excluding hydrogens is 366 g/mol. The number of esters is 2. The van der Waals surface area contributed by atoms with Crippen LogP contribution in [-0.4, -0.2) is 53.4 Å². The molecule has 0 unspecified atom stereocenters. The molecule has 1 spiro atoms. The van der Waals surface area contributed by atoms with Gasteiger partial charge in [0.15, 0.2) is 0 Å². The van der Waals surface area contributed by atoms with Crippen molar-refractivity contribution in [1.82, 2.24) is 9.88 Å². The Morgan fingerprint density at radius 1 is 1.07 bits per heavy atom. The van der Waals surface area contributed by atoms with E-state index in [0.717, 1.165) is 41.4 Å². The van der Waals surface area contributed by atoms with Gasteiger partial charge in [0, 0.05) is 31.3 Å². The molecule has 6 heterocycles. The lowest BCUT2D eigenvalue weighted by molar-refractivity contribution is -0.274. The van der Waals surface area contributed by atoms with Crippen molar-refractivity contribution < 1.29 is 19.1 Å². The summed E-state index contributed by atoms with van der Waals surface area (Å²) in [5.41, 5.74) is 1.05. The molecule has 4 aliphatic rings. The molecule has 0 aliphatic carbocycles. The fourth-order valence-corrected chi connectivity index (χ4v) is 4.81. The number of rotatable bonds is 2. The number of aromatic amines is 1. The molecule has 140 valence electrons. The van der Waals surface area contributed by atoms with E-state index in [1.807, 2.05) is 22.4 Å². The van der Waals surface area contributed by atoms with Crippen LogP contribution in [-0.2, 0) is 19.1 Å². The van der Waals surface area contributed by atoms with Crippen molar-refractivity contribution in [3.63, 3.8) is 0 Å². The zero-order chi connectivity index (χ0) is 18.4. The Bertz CT molecular complexity index is 876. The summed E-state index contributed by atoms with van der Waals surface area (Å²) in [6.45, 7) is 1.70. The van der Waals surface area contributed by atoms with Crippen molar-refractivity contribution in [2.24, 2.45) is 0 Å². The average Bonchev–Trinajstić information content (AvgIpc) is 3.29. The third kappa shape index (κ3) is 2.85. The zero-order valence-corrected chi connectivity index (χ0v) is 15.4. The number of ether oxygens (including phenoxy) is 2. The number of carbonyl (C=O) groups is 2. The first kappa shape index (κ1) is 16.6. The van der Waals surface area contributed by atoms with E-state index in [1.165, 1.54) is 0 Å². The van der Waals surface area contributed by atoms with Crippen molar-refractivity contribution in [1.29, 1.82) is 0 Å². The molecule has 0 aromatic carbocycles. The maximum absolute atomic E-state index is 12.1. The van der Waals surface area contributed by atoms with Gasteiger partial charge in [0.05, 0.1) is 10.6 Å². The summed E-state index contributed by atoms with van der Waals surface area (Å²) in [4.78, 5) is 33.0. The van der Waals surface area contributed by atoms with Gasteiger partial charge in [-0.25, -0.2) is 14.5 Å². The summed E-state index contributed by atoms with van der Waals surface area (Å²) < 4.78 is 11.3. The number of hydrogen-bond donors (Lipinski definition) is 1. The number of nitrogens with zero attached hydrogens (tertiary/aromatic N) is 2. The van der Waals surface area contributed by atoms with Crippen molar-refractivity contribution in [2.45, 2.75) is 24.8 Å². The van der Waals surface area contributed by atoms with Crippen LogP contribution in [0.15, 0.2) is 41.8 Å². The number of hydrogen-bond acceptors (Lipinski definition) is 7. The number of nitrogens with one attached hydrogen (secondary N) is 1. The first-order valence-corrected chi connectivity index (χ1v) is 9.90. The quantitative estimate of drug-likeness (QED) is 0.800. The van der Waals surface area contributed by atoms with E-state index in [-0.39, 0.29) is 6.54 Å². The smallest absolute Gasteiger partial charge is 0.339 e. The highest BCUT2D eigenvalue weighted by Crippen LogP contribution is 2.37. The molecule has 2 aromatic heterocycles. The van der Waals surface area contributed by atoms with E-state index in [2.05, 4.69) is 22.0 Å². The predicted octanol–water partition coefficient (Wildman–Crippen LogP) is 2.34. The number of anilines is 1. The highest BCUT2D eigenvalue weighted by molar-refractivity contribution is 7.13. The SMILES string of the molecule is O=C1C=CC(=O)OC2(CN(c3ccc(-c4cccs4)[nH]3)C3CCN2CC3)O1. The lowest BCUT2D eigenvalue weighted by Gasteiger charge is -2.39. The van der Waals surface area contributed by atoms with Gasteiger partial charge in [-0.15, -0.1) is 11.3 Å². The van der Waals surface area contributed by atoms with Gasteiger partial charge in [0.1, 0.15) is 12.4 Å². The molecular formula is C19H19N3O4S. The van der Waals surface area contributed by atoms with Crippen molar-refractivity contribution in [3.05, 3.63) is 41.8 Å². The first-order valence-electron chi connectivity index (χ1n) is 9.02. The van der Waals surface area contributed by atoms with Crippen LogP contribution in [0.3, 0.4) is 0 Å². The minimum atomic E-state index is -1.39. The van der Waals surface area contributed by atoms with Crippen molar-refractivity contribution >= 4 is 29.1 Å². The summed E-state index contributed by atoms with van der Waals surface area (Å²) >= 11 is 1.67. The van der Waals surface area contributed by atoms with Crippen molar-refractivity contribution in [3.8, 4) is 10.6 Å². The maximum atomic E-state index is 12.1. The average molecular weight is 385 g/mol. The number of fused-ring (bicyclic) bond motifs is 3. The third-order valence-corrected chi connectivity index (χ3v) is 6.30. The molecule has 0 atom stereocenters. The van der Waals surface area contributed by atoms with E-state index in [0.29, 0.717) is 19.1 Å². The minimum Gasteiger partial charge on any atom is -0.403 e. The fourth-order valence-electron chi connectivity index (χ4n) is 4.10. The Labute approximate surface area is 160 Å². The second-order valence-corrected chi connectivity index (χ2v) is 7.92. The van der Waals surface area contributed by atoms with Crippen LogP contribution in [0.2, 0.25) is 0 Å². The van der Waals surface area contributed by atoms with Crippen LogP contribution in [0.5, 0.6) is 0 Å². The summed E-state index contributed by atoms with van der Waals surface area (Å²) in [5.74, 6) is -1.57. The second-order valence-electron chi connectivity index (χ2n) is 6.97. The number of H-pyrrole nitrogens is 1. The summed E-state index contributed by atoms with van der Waals surface area (Å²) in [5, 5.41) is 2.04. The first-order chi connectivity index (χ1) is 13.1. The van der Waals surface area contributed by atoms with Gasteiger partial charge in [0.2, 0.25) is 0 Å². The van der Waals surface area contributed by atoms with Gasteiger partial charge in [-0.2, -0.15) is 0 Å². The highest BCUT2D eigenvalue weighted by atomic mass is 32.1. The molecule has 3 fully saturated rings. The fraction of sp³-hybridized carbons (Fsp3) is 0.368. The molecule has 0 saturated carbocycles. The minimum absolute atomic E-state index is 0.279. The molecule has 27 heavy (non-hydrogen) atoms. The largest absolute Gasteiger partial charge is 0.403 e. The molecule has 8 heteroatoms. The normalized spacial score (nSPS) is 26.6. The Kier molecular flexibility index (Phi) is 3.84. The summed E-state index contributed by atoms with van der Waals surface area (Å²) in [6.07, 6.45) is 4.09. The Hall–Kier alpha value is -2.58. The lowest BCUT2D eigenvalue weighted by Crippen LogP contribution is -2.58. The molecule has 3 saturated heterocycles. The molecule has 1 N–H and O–H groups in total. The lowest BCUT2D eigenvalue weighted by atomic mass is 10.1. The molecule has 0 radical (unpaired) electrons. The maximum Gasteiger partial charge on any atom is 0.339 e. The number of aromatic nitrogens is 1. The molecule has 2 aromatic rings. The van der Waals surface area contributed by atoms with E-state index < -0.39 is 17.8 Å². The van der Waals surface area contributed by atoms with E-state index in [9.17, 15) is 9.59 Å². The summed E-state index contributed by atoms with van der Waals surface area (Å²) in [6, 6.07) is 8.48. The van der Waals surface area contributed by atoms with Crippen LogP contribution >= 0.6 is 11.3 Å². The second kappa shape index (κ2) is 6.24. The molecule has 7 nitrogen and oxygen atoms in total. The Morgan fingerprint density at radius 3 is 2.48 bits per heavy atom. The summed E-state index contributed by atoms with van der Waals surface area (Å²) in [7, 11) is 0. The molecule has 6 rings (SSSR count). The van der Waals surface area contributed by atoms with Gasteiger partial charge in [-0.05, 0) is 36.4 Å². The van der Waals surface area contributed by atoms with Gasteiger partial charge < -0.3 is 19.4 Å². The van der Waals surface area contributed by atoms with E-state index in [1.54, 1.807) is 11.3 Å². The van der Waals surface area contributed by atoms with Gasteiger partial charge in [-0.3, -0.25) is 0 Å². The van der Waals surface area contributed by atoms with E-state index >= 15 is 0 Å². The highest BCUT2D eigenvalue weighted by Gasteiger charge is 2.52. The van der Waals surface area contributed by atoms with Crippen LogP contribution in [0.1, 0.15) is 12.8 Å². The molecule has 0 amide bonds. The molecule has 4 aliphatic heterocycles. The topological polar surface area (TPSA) is 74.9 Å². The Morgan fingerprint density at radius 2 is 1.81 bits per heavy atom. The van der Waals surface area contributed by atoms with Crippen LogP contribution < -0.4 is 4.90 Å². The van der Waals surface area contributed by atoms with Crippen LogP contribution in [0.4, 0.5) is 5.82 Å². The third-order valence-electron chi connectivity index (χ3n) is 5.40. The number of carbonyl (C=O) groups excluding carboxylic acids is 2. The van der Waals surface area contributed by atoms with Crippen LogP contribution in [0.25, 0.3) is 10.6 Å². The van der Waals surface area contributed by atoms with Gasteiger partial charge >= 0.3 is 17.8 Å². The van der Waals surface area contributed by atoms with Gasteiger partial charge in [0.25, 0.3) is 0 Å². The zero-order valence-electron chi connectivity index (χ0n) is 14.6. The molecule has 2 bridgehead atoms. The van der Waals surface area contributed by atoms with Crippen molar-refractivity contribution in [2.75, 3.05) is 24.5 Å². The van der Waals surface area contributed by atoms with Crippen LogP contribution in [0, 0.1) is 0 Å². The monoisotopic (exact) mass is 385 g/mol.